The third kappa shape index (κ3) is 3.58. The van der Waals surface area contributed by atoms with E-state index in [0.29, 0.717) is 25.8 Å². The van der Waals surface area contributed by atoms with E-state index < -0.39 is 12.1 Å². The second kappa shape index (κ2) is 7.38. The molecule has 1 aromatic carbocycles. The maximum Gasteiger partial charge on any atom is 0.287 e. The molecule has 2 aromatic rings. The molecule has 146 valence electrons. The van der Waals surface area contributed by atoms with Crippen molar-refractivity contribution in [2.24, 2.45) is 0 Å². The lowest BCUT2D eigenvalue weighted by molar-refractivity contribution is -0.151. The minimum absolute atomic E-state index is 0.117. The Morgan fingerprint density at radius 2 is 2.04 bits per heavy atom. The van der Waals surface area contributed by atoms with Gasteiger partial charge in [-0.3, -0.25) is 14.4 Å². The number of nitrogens with one attached hydrogen (secondary N) is 2. The number of carbonyl (C=O) groups is 3. The van der Waals surface area contributed by atoms with Crippen LogP contribution in [0.2, 0.25) is 0 Å². The van der Waals surface area contributed by atoms with Gasteiger partial charge in [-0.2, -0.15) is 0 Å². The fourth-order valence-corrected chi connectivity index (χ4v) is 3.81. The number of carbonyl (C=O) groups excluding carboxylic acids is 3. The van der Waals surface area contributed by atoms with Crippen molar-refractivity contribution in [1.29, 1.82) is 0 Å². The lowest BCUT2D eigenvalue weighted by atomic mass is 9.91. The smallest absolute Gasteiger partial charge is 0.287 e. The number of benzene rings is 1. The molecule has 0 aliphatic carbocycles. The van der Waals surface area contributed by atoms with Gasteiger partial charge in [-0.15, -0.1) is 0 Å². The van der Waals surface area contributed by atoms with Crippen molar-refractivity contribution in [3.05, 3.63) is 54.0 Å². The number of piperidine rings is 1. The molecule has 3 N–H and O–H groups in total. The molecule has 0 unspecified atom stereocenters. The minimum atomic E-state index is -0.623. The largest absolute Gasteiger partial charge is 0.508 e. The summed E-state index contributed by atoms with van der Waals surface area (Å²) < 4.78 is 5.09. The van der Waals surface area contributed by atoms with Gasteiger partial charge in [0.05, 0.1) is 6.26 Å². The first-order valence-corrected chi connectivity index (χ1v) is 9.24. The number of phenols is 1. The number of rotatable bonds is 4. The van der Waals surface area contributed by atoms with Crippen LogP contribution in [0.25, 0.3) is 0 Å². The standard InChI is InChI=1S/C20H21N3O5/c24-14-5-3-12(4-6-14)10-15-20(27)23-8-7-13(11-16(23)18(25)22-15)21-19(26)17-2-1-9-28-17/h1-6,9,13,15-16,24H,7-8,10-11H2,(H,21,26)(H,22,25)/t13-,15-,16+/m1/s1. The molecular weight excluding hydrogens is 362 g/mol. The van der Waals surface area contributed by atoms with Gasteiger partial charge in [-0.1, -0.05) is 12.1 Å². The van der Waals surface area contributed by atoms with Crippen LogP contribution in [0.4, 0.5) is 0 Å². The first-order valence-electron chi connectivity index (χ1n) is 9.24. The summed E-state index contributed by atoms with van der Waals surface area (Å²) in [5, 5.41) is 15.1. The molecule has 0 bridgehead atoms. The summed E-state index contributed by atoms with van der Waals surface area (Å²) in [5.74, 6) is -0.271. The van der Waals surface area contributed by atoms with Gasteiger partial charge in [0.2, 0.25) is 11.8 Å². The first-order chi connectivity index (χ1) is 13.5. The molecule has 8 heteroatoms. The molecule has 3 heterocycles. The normalized spacial score (nSPS) is 24.4. The molecule has 2 saturated heterocycles. The summed E-state index contributed by atoms with van der Waals surface area (Å²) in [7, 11) is 0. The highest BCUT2D eigenvalue weighted by Crippen LogP contribution is 2.24. The highest BCUT2D eigenvalue weighted by Gasteiger charge is 2.44. The Morgan fingerprint density at radius 1 is 1.25 bits per heavy atom. The molecule has 3 amide bonds. The van der Waals surface area contributed by atoms with Crippen molar-refractivity contribution in [3.63, 3.8) is 0 Å². The summed E-state index contributed by atoms with van der Waals surface area (Å²) >= 11 is 0. The summed E-state index contributed by atoms with van der Waals surface area (Å²) in [6, 6.07) is 8.39. The van der Waals surface area contributed by atoms with Gasteiger partial charge >= 0.3 is 0 Å². The van der Waals surface area contributed by atoms with Crippen LogP contribution in [-0.4, -0.2) is 52.4 Å². The van der Waals surface area contributed by atoms with E-state index in [9.17, 15) is 19.5 Å². The average Bonchev–Trinajstić information content (AvgIpc) is 3.23. The highest BCUT2D eigenvalue weighted by molar-refractivity contribution is 5.97. The molecule has 1 aromatic heterocycles. The van der Waals surface area contributed by atoms with Gasteiger partial charge in [0.1, 0.15) is 17.8 Å². The highest BCUT2D eigenvalue weighted by atomic mass is 16.3. The second-order valence-electron chi connectivity index (χ2n) is 7.15. The van der Waals surface area contributed by atoms with Crippen LogP contribution in [0.3, 0.4) is 0 Å². The summed E-state index contributed by atoms with van der Waals surface area (Å²) in [4.78, 5) is 39.2. The van der Waals surface area contributed by atoms with Crippen molar-refractivity contribution in [1.82, 2.24) is 15.5 Å². The van der Waals surface area contributed by atoms with E-state index in [1.165, 1.54) is 6.26 Å². The first kappa shape index (κ1) is 18.1. The summed E-state index contributed by atoms with van der Waals surface area (Å²) in [6.07, 6.45) is 2.75. The van der Waals surface area contributed by atoms with Gasteiger partial charge in [-0.25, -0.2) is 0 Å². The van der Waals surface area contributed by atoms with Crippen molar-refractivity contribution < 1.29 is 23.9 Å². The second-order valence-corrected chi connectivity index (χ2v) is 7.15. The lowest BCUT2D eigenvalue weighted by Gasteiger charge is -2.44. The van der Waals surface area contributed by atoms with Crippen molar-refractivity contribution >= 4 is 17.7 Å². The third-order valence-corrected chi connectivity index (χ3v) is 5.26. The Balaban J connectivity index is 1.40. The number of nitrogens with zero attached hydrogens (tertiary/aromatic N) is 1. The number of aromatic hydroxyl groups is 1. The number of phenolic OH excluding ortho intramolecular Hbond substituents is 1. The fourth-order valence-electron chi connectivity index (χ4n) is 3.81. The zero-order valence-electron chi connectivity index (χ0n) is 15.1. The molecular formula is C20H21N3O5. The maximum absolute atomic E-state index is 12.9. The van der Waals surface area contributed by atoms with E-state index in [4.69, 9.17) is 4.42 Å². The van der Waals surface area contributed by atoms with Crippen LogP contribution < -0.4 is 10.6 Å². The predicted molar refractivity (Wildman–Crippen MR) is 98.4 cm³/mol. The van der Waals surface area contributed by atoms with Gasteiger partial charge in [0.15, 0.2) is 5.76 Å². The Kier molecular flexibility index (Phi) is 4.77. The number of piperazine rings is 1. The number of hydrogen-bond acceptors (Lipinski definition) is 5. The topological polar surface area (TPSA) is 112 Å². The molecule has 0 radical (unpaired) electrons. The van der Waals surface area contributed by atoms with E-state index in [0.717, 1.165) is 5.56 Å². The molecule has 3 atom stereocenters. The third-order valence-electron chi connectivity index (χ3n) is 5.26. The van der Waals surface area contributed by atoms with Crippen LogP contribution in [0.1, 0.15) is 29.0 Å². The van der Waals surface area contributed by atoms with Crippen LogP contribution in [0.5, 0.6) is 5.75 Å². The van der Waals surface area contributed by atoms with E-state index in [1.54, 1.807) is 41.3 Å². The molecule has 4 rings (SSSR count). The number of fused-ring (bicyclic) bond motifs is 1. The number of amides is 3. The van der Waals surface area contributed by atoms with E-state index >= 15 is 0 Å². The Bertz CT molecular complexity index is 878. The molecule has 2 aliphatic heterocycles. The molecule has 2 fully saturated rings. The van der Waals surface area contributed by atoms with Gasteiger partial charge in [-0.05, 0) is 42.7 Å². The molecule has 2 aliphatic rings. The lowest BCUT2D eigenvalue weighted by Crippen LogP contribution is -2.67. The molecule has 28 heavy (non-hydrogen) atoms. The number of hydrogen-bond donors (Lipinski definition) is 3. The Morgan fingerprint density at radius 3 is 2.75 bits per heavy atom. The van der Waals surface area contributed by atoms with Crippen LogP contribution in [0.15, 0.2) is 47.1 Å². The Labute approximate surface area is 161 Å². The minimum Gasteiger partial charge on any atom is -0.508 e. The van der Waals surface area contributed by atoms with E-state index in [-0.39, 0.29) is 35.3 Å². The quantitative estimate of drug-likeness (QED) is 0.724. The summed E-state index contributed by atoms with van der Waals surface area (Å²) in [6.45, 7) is 0.409. The molecule has 0 spiro atoms. The SMILES string of the molecule is O=C(N[C@@H]1CCN2C(=O)[C@@H](Cc3ccc(O)cc3)NC(=O)[C@@H]2C1)c1ccco1. The van der Waals surface area contributed by atoms with Crippen LogP contribution >= 0.6 is 0 Å². The maximum atomic E-state index is 12.9. The van der Waals surface area contributed by atoms with Crippen molar-refractivity contribution in [2.75, 3.05) is 6.54 Å². The summed E-state index contributed by atoms with van der Waals surface area (Å²) in [5.41, 5.74) is 0.857. The molecule has 8 nitrogen and oxygen atoms in total. The monoisotopic (exact) mass is 383 g/mol. The van der Waals surface area contributed by atoms with Crippen molar-refractivity contribution in [2.45, 2.75) is 37.4 Å². The van der Waals surface area contributed by atoms with E-state index in [2.05, 4.69) is 10.6 Å². The predicted octanol–water partition coefficient (Wildman–Crippen LogP) is 0.816. The fraction of sp³-hybridized carbons (Fsp3) is 0.350. The van der Waals surface area contributed by atoms with Gasteiger partial charge in [0.25, 0.3) is 5.91 Å². The zero-order valence-corrected chi connectivity index (χ0v) is 15.1. The molecule has 0 saturated carbocycles. The van der Waals surface area contributed by atoms with Crippen molar-refractivity contribution in [3.8, 4) is 5.75 Å². The Hall–Kier alpha value is -3.29. The van der Waals surface area contributed by atoms with Gasteiger partial charge in [0, 0.05) is 19.0 Å². The van der Waals surface area contributed by atoms with Crippen LogP contribution in [0, 0.1) is 0 Å². The van der Waals surface area contributed by atoms with Crippen LogP contribution in [-0.2, 0) is 16.0 Å². The number of furan rings is 1. The average molecular weight is 383 g/mol. The van der Waals surface area contributed by atoms with E-state index in [1.807, 2.05) is 0 Å². The van der Waals surface area contributed by atoms with Gasteiger partial charge < -0.3 is 25.1 Å². The zero-order chi connectivity index (χ0) is 19.7.